The first-order chi connectivity index (χ1) is 19.3. The predicted octanol–water partition coefficient (Wildman–Crippen LogP) is 7.73. The number of aliphatic imine (C=N–C) groups is 1. The van der Waals surface area contributed by atoms with Crippen LogP contribution in [0.5, 0.6) is 0 Å². The van der Waals surface area contributed by atoms with Crippen LogP contribution in [0.4, 0.5) is 11.4 Å². The molecule has 0 spiro atoms. The van der Waals surface area contributed by atoms with E-state index in [0.29, 0.717) is 10.1 Å². The SMILES string of the molecule is CCc1ccc(N=C2S/C(=C\c3cc(C)n(-c4cccc(C(=O)O)c4)c3C)C(=O)N2c2ccc(CC)cc2)cc1. The van der Waals surface area contributed by atoms with Crippen molar-refractivity contribution in [3.05, 3.63) is 117 Å². The zero-order chi connectivity index (χ0) is 28.4. The maximum atomic E-state index is 13.8. The summed E-state index contributed by atoms with van der Waals surface area (Å²) in [7, 11) is 0. The maximum absolute atomic E-state index is 13.8. The third-order valence-corrected chi connectivity index (χ3v) is 8.06. The van der Waals surface area contributed by atoms with Crippen molar-refractivity contribution in [2.75, 3.05) is 4.90 Å². The number of thioether (sulfide) groups is 1. The van der Waals surface area contributed by atoms with Crippen molar-refractivity contribution in [1.82, 2.24) is 4.57 Å². The topological polar surface area (TPSA) is 74.9 Å². The fourth-order valence-electron chi connectivity index (χ4n) is 4.82. The molecule has 1 aromatic heterocycles. The number of aromatic carboxylic acids is 1. The predicted molar refractivity (Wildman–Crippen MR) is 164 cm³/mol. The average molecular weight is 550 g/mol. The second-order valence-electron chi connectivity index (χ2n) is 9.70. The zero-order valence-electron chi connectivity index (χ0n) is 23.0. The molecule has 1 amide bonds. The third-order valence-electron chi connectivity index (χ3n) is 7.09. The Hall–Kier alpha value is -4.36. The standard InChI is InChI=1S/C33H31N3O3S/c1-5-23-10-14-27(15-11-23)34-33-36(28-16-12-24(6-2)13-17-28)31(37)30(40-33)20-26-18-21(3)35(22(26)4)29-9-7-8-25(19-29)32(38)39/h7-20H,5-6H2,1-4H3,(H,38,39)/b30-20-,34-33?. The lowest BCUT2D eigenvalue weighted by Crippen LogP contribution is -2.28. The summed E-state index contributed by atoms with van der Waals surface area (Å²) in [5.41, 5.74) is 7.74. The van der Waals surface area contributed by atoms with Gasteiger partial charge in [0.1, 0.15) is 0 Å². The van der Waals surface area contributed by atoms with Crippen molar-refractivity contribution in [3.8, 4) is 5.69 Å². The van der Waals surface area contributed by atoms with Crippen LogP contribution < -0.4 is 4.90 Å². The fourth-order valence-corrected chi connectivity index (χ4v) is 5.82. The average Bonchev–Trinajstić information content (AvgIpc) is 3.42. The first kappa shape index (κ1) is 27.2. The first-order valence-electron chi connectivity index (χ1n) is 13.3. The summed E-state index contributed by atoms with van der Waals surface area (Å²) in [4.78, 5) is 32.5. The molecule has 0 saturated carbocycles. The minimum atomic E-state index is -0.970. The molecule has 1 aliphatic rings. The number of amides is 1. The lowest BCUT2D eigenvalue weighted by molar-refractivity contribution is -0.113. The number of amidine groups is 1. The number of carbonyl (C=O) groups is 2. The van der Waals surface area contributed by atoms with Crippen LogP contribution in [0.1, 0.15) is 52.3 Å². The molecule has 0 unspecified atom stereocenters. The Bertz CT molecular complexity index is 1650. The third kappa shape index (κ3) is 5.38. The number of rotatable bonds is 7. The molecule has 202 valence electrons. The first-order valence-corrected chi connectivity index (χ1v) is 14.1. The van der Waals surface area contributed by atoms with Gasteiger partial charge in [0.25, 0.3) is 5.91 Å². The zero-order valence-corrected chi connectivity index (χ0v) is 23.8. The molecular weight excluding hydrogens is 518 g/mol. The smallest absolute Gasteiger partial charge is 0.335 e. The van der Waals surface area contributed by atoms with E-state index in [1.807, 2.05) is 73.0 Å². The summed E-state index contributed by atoms with van der Waals surface area (Å²) in [6.45, 7) is 8.17. The van der Waals surface area contributed by atoms with Gasteiger partial charge in [-0.2, -0.15) is 0 Å². The molecule has 6 nitrogen and oxygen atoms in total. The number of carboxylic acid groups (broad SMARTS) is 1. The van der Waals surface area contributed by atoms with Gasteiger partial charge in [-0.25, -0.2) is 9.79 Å². The van der Waals surface area contributed by atoms with E-state index in [1.54, 1.807) is 23.1 Å². The molecule has 0 bridgehead atoms. The van der Waals surface area contributed by atoms with Crippen LogP contribution in [0.25, 0.3) is 11.8 Å². The number of hydrogen-bond acceptors (Lipinski definition) is 4. The minimum absolute atomic E-state index is 0.129. The Balaban J connectivity index is 1.56. The molecule has 1 saturated heterocycles. The van der Waals surface area contributed by atoms with E-state index in [2.05, 4.69) is 26.0 Å². The van der Waals surface area contributed by atoms with Gasteiger partial charge in [0.05, 0.1) is 21.8 Å². The molecule has 2 heterocycles. The molecule has 0 atom stereocenters. The number of benzene rings is 3. The monoisotopic (exact) mass is 549 g/mol. The molecule has 0 aliphatic carbocycles. The lowest BCUT2D eigenvalue weighted by Gasteiger charge is -2.16. The number of aromatic nitrogens is 1. The van der Waals surface area contributed by atoms with Gasteiger partial charge in [-0.3, -0.25) is 9.69 Å². The van der Waals surface area contributed by atoms with Gasteiger partial charge in [-0.15, -0.1) is 0 Å². The molecule has 0 radical (unpaired) electrons. The Kier molecular flexibility index (Phi) is 7.76. The Morgan fingerprint density at radius 3 is 2.17 bits per heavy atom. The van der Waals surface area contributed by atoms with E-state index in [1.165, 1.54) is 22.9 Å². The summed E-state index contributed by atoms with van der Waals surface area (Å²) in [5, 5.41) is 10.1. The number of hydrogen-bond donors (Lipinski definition) is 1. The molecule has 4 aromatic rings. The maximum Gasteiger partial charge on any atom is 0.335 e. The van der Waals surface area contributed by atoms with Gasteiger partial charge >= 0.3 is 5.97 Å². The van der Waals surface area contributed by atoms with Crippen molar-refractivity contribution in [2.24, 2.45) is 4.99 Å². The highest BCUT2D eigenvalue weighted by molar-refractivity contribution is 8.19. The van der Waals surface area contributed by atoms with E-state index in [9.17, 15) is 14.7 Å². The van der Waals surface area contributed by atoms with Gasteiger partial charge < -0.3 is 9.67 Å². The minimum Gasteiger partial charge on any atom is -0.478 e. The van der Waals surface area contributed by atoms with Gasteiger partial charge in [-0.05, 0) is 110 Å². The van der Waals surface area contributed by atoms with E-state index < -0.39 is 5.97 Å². The summed E-state index contributed by atoms with van der Waals surface area (Å²) < 4.78 is 2.01. The van der Waals surface area contributed by atoms with Crippen LogP contribution in [0.15, 0.2) is 88.8 Å². The van der Waals surface area contributed by atoms with Crippen molar-refractivity contribution in [3.63, 3.8) is 0 Å². The number of aryl methyl sites for hydroxylation is 3. The van der Waals surface area contributed by atoms with Crippen LogP contribution in [0.3, 0.4) is 0 Å². The van der Waals surface area contributed by atoms with Gasteiger partial charge in [0, 0.05) is 17.1 Å². The second kappa shape index (κ2) is 11.4. The highest BCUT2D eigenvalue weighted by Crippen LogP contribution is 2.38. The van der Waals surface area contributed by atoms with Crippen LogP contribution in [-0.4, -0.2) is 26.7 Å². The van der Waals surface area contributed by atoms with E-state index in [0.717, 1.165) is 46.9 Å². The Morgan fingerprint density at radius 1 is 0.900 bits per heavy atom. The summed E-state index contributed by atoms with van der Waals surface area (Å²) in [6.07, 6.45) is 3.78. The molecule has 5 rings (SSSR count). The van der Waals surface area contributed by atoms with Crippen LogP contribution in [0, 0.1) is 13.8 Å². The normalized spacial score (nSPS) is 15.4. The van der Waals surface area contributed by atoms with Crippen molar-refractivity contribution in [1.29, 1.82) is 0 Å². The summed E-state index contributed by atoms with van der Waals surface area (Å²) in [5.74, 6) is -1.10. The molecular formula is C33H31N3O3S. The molecule has 3 aromatic carbocycles. The number of carbonyl (C=O) groups excluding carboxylic acids is 1. The molecule has 40 heavy (non-hydrogen) atoms. The van der Waals surface area contributed by atoms with Gasteiger partial charge in [0.15, 0.2) is 5.17 Å². The quantitative estimate of drug-likeness (QED) is 0.239. The Labute approximate surface area is 238 Å². The lowest BCUT2D eigenvalue weighted by atomic mass is 10.1. The van der Waals surface area contributed by atoms with Crippen LogP contribution in [-0.2, 0) is 17.6 Å². The van der Waals surface area contributed by atoms with E-state index >= 15 is 0 Å². The van der Waals surface area contributed by atoms with Crippen LogP contribution in [0.2, 0.25) is 0 Å². The molecule has 7 heteroatoms. The summed E-state index contributed by atoms with van der Waals surface area (Å²) in [6, 6.07) is 25.0. The van der Waals surface area contributed by atoms with Crippen molar-refractivity contribution >= 4 is 46.3 Å². The van der Waals surface area contributed by atoms with Crippen molar-refractivity contribution in [2.45, 2.75) is 40.5 Å². The molecule has 1 fully saturated rings. The van der Waals surface area contributed by atoms with E-state index in [4.69, 9.17) is 4.99 Å². The number of carboxylic acids is 1. The molecule has 1 N–H and O–H groups in total. The fraction of sp³-hybridized carbons (Fsp3) is 0.182. The largest absolute Gasteiger partial charge is 0.478 e. The van der Waals surface area contributed by atoms with Gasteiger partial charge in [0.2, 0.25) is 0 Å². The van der Waals surface area contributed by atoms with Crippen LogP contribution >= 0.6 is 11.8 Å². The molecule has 1 aliphatic heterocycles. The highest BCUT2D eigenvalue weighted by atomic mass is 32.2. The Morgan fingerprint density at radius 2 is 1.55 bits per heavy atom. The van der Waals surface area contributed by atoms with Crippen molar-refractivity contribution < 1.29 is 14.7 Å². The summed E-state index contributed by atoms with van der Waals surface area (Å²) >= 11 is 1.36. The number of anilines is 1. The van der Waals surface area contributed by atoms with E-state index in [-0.39, 0.29) is 11.5 Å². The highest BCUT2D eigenvalue weighted by Gasteiger charge is 2.35. The van der Waals surface area contributed by atoms with Gasteiger partial charge in [-0.1, -0.05) is 44.2 Å². The second-order valence-corrected chi connectivity index (χ2v) is 10.7. The number of nitrogens with zero attached hydrogens (tertiary/aromatic N) is 3.